The summed E-state index contributed by atoms with van der Waals surface area (Å²) in [6.07, 6.45) is 3.78. The Morgan fingerprint density at radius 3 is 2.29 bits per heavy atom. The molecule has 28 heavy (non-hydrogen) atoms. The molecule has 0 aromatic heterocycles. The van der Waals surface area contributed by atoms with Gasteiger partial charge in [-0.3, -0.25) is 0 Å². The molecule has 2 aromatic rings. The molecule has 0 radical (unpaired) electrons. The number of benzene rings is 2. The molecule has 0 fully saturated rings. The first-order valence-corrected chi connectivity index (χ1v) is 9.70. The summed E-state index contributed by atoms with van der Waals surface area (Å²) in [7, 11) is 1.63. The fourth-order valence-electron chi connectivity index (χ4n) is 2.99. The molecule has 0 saturated carbocycles. The maximum atomic E-state index is 10.6. The van der Waals surface area contributed by atoms with Crippen LogP contribution in [-0.4, -0.2) is 31.7 Å². The Kier molecular flexibility index (Phi) is 8.66. The van der Waals surface area contributed by atoms with Gasteiger partial charge in [0.05, 0.1) is 20.3 Å². The van der Waals surface area contributed by atoms with Crippen molar-refractivity contribution in [2.45, 2.75) is 39.5 Å². The van der Waals surface area contributed by atoms with Crippen molar-refractivity contribution in [1.29, 1.82) is 0 Å². The highest BCUT2D eigenvalue weighted by Gasteiger charge is 2.13. The minimum absolute atomic E-state index is 0.206. The van der Waals surface area contributed by atoms with Gasteiger partial charge in [-0.05, 0) is 55.9 Å². The van der Waals surface area contributed by atoms with E-state index in [2.05, 4.69) is 0 Å². The van der Waals surface area contributed by atoms with Crippen molar-refractivity contribution < 1.29 is 24.1 Å². The number of carbonyl (C=O) groups excluding carboxylic acids is 1. The molecule has 5 heteroatoms. The third kappa shape index (κ3) is 6.19. The summed E-state index contributed by atoms with van der Waals surface area (Å²) in [5, 5.41) is 10.4. The molecule has 0 spiro atoms. The number of carbonyl (C=O) groups is 1. The number of rotatable bonds is 12. The van der Waals surface area contributed by atoms with Gasteiger partial charge < -0.3 is 24.1 Å². The third-order valence-electron chi connectivity index (χ3n) is 4.65. The van der Waals surface area contributed by atoms with Crippen molar-refractivity contribution in [2.75, 3.05) is 20.3 Å². The smallest absolute Gasteiger partial charge is 0.161 e. The Hall–Kier alpha value is -2.69. The lowest BCUT2D eigenvalue weighted by Crippen LogP contribution is -2.05. The van der Waals surface area contributed by atoms with Crippen LogP contribution in [-0.2, 0) is 11.2 Å². The molecule has 0 saturated heterocycles. The quantitative estimate of drug-likeness (QED) is 0.423. The molecule has 0 heterocycles. The Balaban J connectivity index is 1.77. The first-order chi connectivity index (χ1) is 13.6. The van der Waals surface area contributed by atoms with Crippen LogP contribution < -0.4 is 14.2 Å². The second kappa shape index (κ2) is 11.2. The largest absolute Gasteiger partial charge is 0.507 e. The SMILES string of the molecule is COc1ccccc1OCCCCOc1ccc(CC(C)CC=O)c(O)c1C. The lowest BCUT2D eigenvalue weighted by Gasteiger charge is -2.15. The zero-order valence-corrected chi connectivity index (χ0v) is 16.9. The first kappa shape index (κ1) is 21.6. The van der Waals surface area contributed by atoms with Gasteiger partial charge in [0, 0.05) is 12.0 Å². The van der Waals surface area contributed by atoms with Crippen LogP contribution in [0.1, 0.15) is 37.3 Å². The number of aldehydes is 1. The summed E-state index contributed by atoms with van der Waals surface area (Å²) < 4.78 is 16.8. The molecule has 0 aliphatic carbocycles. The van der Waals surface area contributed by atoms with E-state index in [0.717, 1.165) is 41.8 Å². The molecular weight excluding hydrogens is 356 g/mol. The molecule has 0 aliphatic heterocycles. The van der Waals surface area contributed by atoms with E-state index in [1.54, 1.807) is 7.11 Å². The van der Waals surface area contributed by atoms with Gasteiger partial charge in [-0.15, -0.1) is 0 Å². The number of hydrogen-bond donors (Lipinski definition) is 1. The van der Waals surface area contributed by atoms with Crippen molar-refractivity contribution in [3.63, 3.8) is 0 Å². The van der Waals surface area contributed by atoms with Crippen LogP contribution >= 0.6 is 0 Å². The fourth-order valence-corrected chi connectivity index (χ4v) is 2.99. The van der Waals surface area contributed by atoms with Crippen molar-refractivity contribution in [2.24, 2.45) is 5.92 Å². The maximum Gasteiger partial charge on any atom is 0.161 e. The highest BCUT2D eigenvalue weighted by molar-refractivity contribution is 5.51. The number of methoxy groups -OCH3 is 1. The van der Waals surface area contributed by atoms with Gasteiger partial charge in [0.2, 0.25) is 0 Å². The summed E-state index contributed by atoms with van der Waals surface area (Å²) >= 11 is 0. The number of phenolic OH excluding ortho intramolecular Hbond substituents is 1. The van der Waals surface area contributed by atoms with Crippen LogP contribution in [0.2, 0.25) is 0 Å². The van der Waals surface area contributed by atoms with E-state index in [-0.39, 0.29) is 11.7 Å². The number of aromatic hydroxyl groups is 1. The highest BCUT2D eigenvalue weighted by Crippen LogP contribution is 2.32. The van der Waals surface area contributed by atoms with Crippen LogP contribution in [0.3, 0.4) is 0 Å². The average Bonchev–Trinajstić information content (AvgIpc) is 2.70. The van der Waals surface area contributed by atoms with Crippen molar-refractivity contribution in [3.05, 3.63) is 47.5 Å². The molecule has 152 valence electrons. The van der Waals surface area contributed by atoms with Crippen LogP contribution in [0.15, 0.2) is 36.4 Å². The second-order valence-electron chi connectivity index (χ2n) is 6.96. The van der Waals surface area contributed by atoms with Gasteiger partial charge in [0.15, 0.2) is 11.5 Å². The molecule has 5 nitrogen and oxygen atoms in total. The van der Waals surface area contributed by atoms with E-state index in [9.17, 15) is 9.90 Å². The van der Waals surface area contributed by atoms with Crippen molar-refractivity contribution in [3.8, 4) is 23.0 Å². The predicted octanol–water partition coefficient (Wildman–Crippen LogP) is 4.71. The van der Waals surface area contributed by atoms with Crippen molar-refractivity contribution in [1.82, 2.24) is 0 Å². The Labute approximate surface area is 167 Å². The Bertz CT molecular complexity index is 757. The van der Waals surface area contributed by atoms with Gasteiger partial charge in [0.25, 0.3) is 0 Å². The third-order valence-corrected chi connectivity index (χ3v) is 4.65. The average molecular weight is 386 g/mol. The summed E-state index contributed by atoms with van der Waals surface area (Å²) in [6, 6.07) is 11.4. The van der Waals surface area contributed by atoms with E-state index < -0.39 is 0 Å². The predicted molar refractivity (Wildman–Crippen MR) is 110 cm³/mol. The number of para-hydroxylation sites is 2. The highest BCUT2D eigenvalue weighted by atomic mass is 16.5. The van der Waals surface area contributed by atoms with Crippen LogP contribution in [0.5, 0.6) is 23.0 Å². The topological polar surface area (TPSA) is 65.0 Å². The van der Waals surface area contributed by atoms with Gasteiger partial charge in [-0.1, -0.05) is 25.1 Å². The standard InChI is InChI=1S/C23H30O5/c1-17(12-13-24)16-19-10-11-20(18(2)23(19)25)27-14-6-7-15-28-22-9-5-4-8-21(22)26-3/h4-5,8-11,13,17,25H,6-7,12,14-16H2,1-3H3. The summed E-state index contributed by atoms with van der Waals surface area (Å²) in [6.45, 7) is 4.99. The lowest BCUT2D eigenvalue weighted by atomic mass is 9.96. The van der Waals surface area contributed by atoms with E-state index in [1.165, 1.54) is 0 Å². The second-order valence-corrected chi connectivity index (χ2v) is 6.96. The normalized spacial score (nSPS) is 11.7. The van der Waals surface area contributed by atoms with Crippen LogP contribution in [0.25, 0.3) is 0 Å². The van der Waals surface area contributed by atoms with Crippen LogP contribution in [0.4, 0.5) is 0 Å². The molecule has 2 rings (SSSR count). The molecule has 0 amide bonds. The molecule has 2 aromatic carbocycles. The van der Waals surface area contributed by atoms with E-state index >= 15 is 0 Å². The minimum atomic E-state index is 0.206. The van der Waals surface area contributed by atoms with E-state index in [4.69, 9.17) is 14.2 Å². The van der Waals surface area contributed by atoms with Crippen LogP contribution in [0, 0.1) is 12.8 Å². The maximum absolute atomic E-state index is 10.6. The molecule has 0 bridgehead atoms. The molecular formula is C23H30O5. The lowest BCUT2D eigenvalue weighted by molar-refractivity contribution is -0.108. The minimum Gasteiger partial charge on any atom is -0.507 e. The van der Waals surface area contributed by atoms with Gasteiger partial charge >= 0.3 is 0 Å². The Morgan fingerprint density at radius 1 is 1.00 bits per heavy atom. The monoisotopic (exact) mass is 386 g/mol. The van der Waals surface area contributed by atoms with E-state index in [0.29, 0.717) is 31.8 Å². The van der Waals surface area contributed by atoms with Gasteiger partial charge in [-0.25, -0.2) is 0 Å². The first-order valence-electron chi connectivity index (χ1n) is 9.70. The fraction of sp³-hybridized carbons (Fsp3) is 0.435. The van der Waals surface area contributed by atoms with Gasteiger partial charge in [-0.2, -0.15) is 0 Å². The summed E-state index contributed by atoms with van der Waals surface area (Å²) in [4.78, 5) is 10.6. The van der Waals surface area contributed by atoms with Crippen molar-refractivity contribution >= 4 is 6.29 Å². The number of hydrogen-bond acceptors (Lipinski definition) is 5. The van der Waals surface area contributed by atoms with Gasteiger partial charge in [0.1, 0.15) is 17.8 Å². The molecule has 1 N–H and O–H groups in total. The number of phenols is 1. The number of unbranched alkanes of at least 4 members (excludes halogenated alkanes) is 1. The molecule has 1 atom stereocenters. The molecule has 0 aliphatic rings. The van der Waals surface area contributed by atoms with E-state index in [1.807, 2.05) is 50.2 Å². The summed E-state index contributed by atoms with van der Waals surface area (Å²) in [5.74, 6) is 2.63. The molecule has 1 unspecified atom stereocenters. The zero-order valence-electron chi connectivity index (χ0n) is 16.9. The zero-order chi connectivity index (χ0) is 20.4. The summed E-state index contributed by atoms with van der Waals surface area (Å²) in [5.41, 5.74) is 1.59. The Morgan fingerprint density at radius 2 is 1.64 bits per heavy atom. The number of ether oxygens (including phenoxy) is 3.